The van der Waals surface area contributed by atoms with Crippen LogP contribution in [0.25, 0.3) is 0 Å². The predicted octanol–water partition coefficient (Wildman–Crippen LogP) is 8.73. The van der Waals surface area contributed by atoms with E-state index in [-0.39, 0.29) is 66.8 Å². The zero-order valence-electron chi connectivity index (χ0n) is 41.7. The summed E-state index contributed by atoms with van der Waals surface area (Å²) in [6.45, 7) is 17.7. The molecule has 0 aromatic carbocycles. The molecular formula is C53H83NO11. The number of methoxy groups -OCH3 is 3. The van der Waals surface area contributed by atoms with Crippen LogP contribution in [0.5, 0.6) is 0 Å². The molecule has 4 rings (SSSR count). The van der Waals surface area contributed by atoms with Gasteiger partial charge in [-0.25, -0.2) is 4.79 Å². The molecule has 0 aromatic heterocycles. The van der Waals surface area contributed by atoms with Crippen molar-refractivity contribution >= 4 is 29.2 Å². The van der Waals surface area contributed by atoms with Crippen molar-refractivity contribution in [3.05, 3.63) is 47.6 Å². The van der Waals surface area contributed by atoms with E-state index in [1.54, 1.807) is 28.3 Å². The fraction of sp³-hybridized carbons (Fsp3) is 0.755. The second kappa shape index (κ2) is 25.2. The Kier molecular flexibility index (Phi) is 21.0. The normalized spacial score (nSPS) is 40.4. The third-order valence-electron chi connectivity index (χ3n) is 15.3. The average molecular weight is 910 g/mol. The molecule has 1 amide bonds. The topological polar surface area (TPSA) is 155 Å². The van der Waals surface area contributed by atoms with Crippen LogP contribution in [0, 0.1) is 47.3 Å². The molecule has 0 radical (unpaired) electrons. The van der Waals surface area contributed by atoms with Gasteiger partial charge in [-0.1, -0.05) is 90.5 Å². The minimum atomic E-state index is -2.39. The molecule has 4 aliphatic rings. The number of ether oxygens (including phenoxy) is 5. The number of amides is 1. The summed E-state index contributed by atoms with van der Waals surface area (Å²) in [5, 5.41) is 12.0. The van der Waals surface area contributed by atoms with Crippen molar-refractivity contribution in [2.24, 2.45) is 47.3 Å². The van der Waals surface area contributed by atoms with Crippen LogP contribution in [-0.4, -0.2) is 109 Å². The van der Waals surface area contributed by atoms with Crippen molar-refractivity contribution in [1.29, 1.82) is 0 Å². The minimum Gasteiger partial charge on any atom is -0.460 e. The monoisotopic (exact) mass is 910 g/mol. The zero-order chi connectivity index (χ0) is 48.2. The largest absolute Gasteiger partial charge is 0.460 e. The molecule has 15 atom stereocenters. The molecule has 12 nitrogen and oxygen atoms in total. The third-order valence-corrected chi connectivity index (χ3v) is 15.3. The van der Waals surface area contributed by atoms with Crippen molar-refractivity contribution in [3.8, 4) is 0 Å². The summed E-state index contributed by atoms with van der Waals surface area (Å²) in [6.07, 6.45) is 16.4. The van der Waals surface area contributed by atoms with Gasteiger partial charge in [-0.2, -0.15) is 0 Å². The number of hydrogen-bond acceptors (Lipinski definition) is 11. The maximum atomic E-state index is 14.4. The summed E-state index contributed by atoms with van der Waals surface area (Å²) in [4.78, 5) is 72.3. The lowest BCUT2D eigenvalue weighted by atomic mass is 9.76. The molecule has 12 heteroatoms. The molecule has 0 spiro atoms. The Morgan fingerprint density at radius 3 is 2.23 bits per heavy atom. The summed E-state index contributed by atoms with van der Waals surface area (Å²) in [5.74, 6) is -6.38. The van der Waals surface area contributed by atoms with E-state index in [1.807, 2.05) is 71.9 Å². The molecule has 3 aliphatic heterocycles. The first-order chi connectivity index (χ1) is 30.7. The first kappa shape index (κ1) is 54.3. The first-order valence-corrected chi connectivity index (χ1v) is 24.6. The number of ketones is 3. The third kappa shape index (κ3) is 14.4. The Hall–Kier alpha value is -3.29. The van der Waals surface area contributed by atoms with Crippen LogP contribution in [0.1, 0.15) is 139 Å². The number of carbonyl (C=O) groups is 5. The Morgan fingerprint density at radius 2 is 1.55 bits per heavy atom. The van der Waals surface area contributed by atoms with E-state index >= 15 is 0 Å². The van der Waals surface area contributed by atoms with Crippen LogP contribution in [0.15, 0.2) is 47.6 Å². The maximum absolute atomic E-state index is 14.4. The van der Waals surface area contributed by atoms with Crippen LogP contribution in [0.3, 0.4) is 0 Å². The Morgan fingerprint density at radius 1 is 0.831 bits per heavy atom. The molecule has 366 valence electrons. The number of aliphatic hydroxyl groups is 1. The van der Waals surface area contributed by atoms with E-state index in [4.69, 9.17) is 23.7 Å². The number of carbonyl (C=O) groups excluding carboxylic acids is 5. The molecule has 0 aromatic rings. The van der Waals surface area contributed by atoms with Crippen molar-refractivity contribution in [2.45, 2.75) is 182 Å². The minimum absolute atomic E-state index is 0.0102. The molecule has 3 heterocycles. The van der Waals surface area contributed by atoms with Gasteiger partial charge in [0, 0.05) is 64.4 Å². The molecule has 65 heavy (non-hydrogen) atoms. The summed E-state index contributed by atoms with van der Waals surface area (Å²) >= 11 is 0. The fourth-order valence-electron chi connectivity index (χ4n) is 10.6. The van der Waals surface area contributed by atoms with E-state index in [1.165, 1.54) is 4.90 Å². The van der Waals surface area contributed by atoms with Crippen molar-refractivity contribution in [3.63, 3.8) is 0 Å². The molecule has 2 saturated heterocycles. The van der Waals surface area contributed by atoms with E-state index in [2.05, 4.69) is 19.9 Å². The van der Waals surface area contributed by atoms with Crippen LogP contribution < -0.4 is 0 Å². The molecule has 1 N–H and O–H groups in total. The summed E-state index contributed by atoms with van der Waals surface area (Å²) in [5.41, 5.74) is 1.77. The Labute approximate surface area is 390 Å². The molecular weight excluding hydrogens is 827 g/mol. The number of piperidine rings is 1. The van der Waals surface area contributed by atoms with Gasteiger partial charge in [0.25, 0.3) is 11.7 Å². The highest BCUT2D eigenvalue weighted by Crippen LogP contribution is 2.38. The first-order valence-electron chi connectivity index (χ1n) is 24.6. The number of hydrogen-bond donors (Lipinski definition) is 1. The van der Waals surface area contributed by atoms with Gasteiger partial charge in [0.05, 0.1) is 18.3 Å². The molecule has 1 aliphatic carbocycles. The Bertz CT molecular complexity index is 1750. The SMILES string of the molecule is CO[C@H]1C[C@@H]2CC[C@@H](C)[C@@](O)(O2)C(=O)C(=O)N2CCCC[C@H]2C(=O)OC([C@H](C)CC2CC[C@@H](C)[C@H](OC)C2)CC(=O)[C@H](C)/C=C(\C)[C@@H](C)[C@@H](OC)C(=O)[C@H](C)C[C@H](C)/C=C/C=C/C=C/1C. The second-order valence-corrected chi connectivity index (χ2v) is 20.3. The number of rotatable bonds is 6. The lowest BCUT2D eigenvalue weighted by Crippen LogP contribution is -2.61. The number of Topliss-reactive ketones (excluding diaryl/α,β-unsaturated/α-hetero) is 3. The zero-order valence-corrected chi connectivity index (χ0v) is 41.7. The van der Waals surface area contributed by atoms with Gasteiger partial charge < -0.3 is 33.7 Å². The molecule has 1 saturated carbocycles. The molecule has 2 unspecified atom stereocenters. The standard InChI is InChI=1S/C53H83NO11/c1-32-18-14-13-15-19-33(2)46(62-11)30-42-24-22-39(8)53(60,65-42)50(57)51(58)54-25-17-16-20-43(54)52(59)64-47(37(6)28-41-23-21-34(3)45(29-41)61-10)31-44(55)36(5)27-35(4)40(9)49(63-12)48(56)38(7)26-32/h13-15,18-19,27,32,34,36-43,45-47,49,60H,16-17,20-26,28-31H2,1-12H3/b15-13+,18-14+,33-19+,35-27+/t32-,34-,36-,37-,38-,39-,40-,41?,42+,43+,45-,46+,47?,49-,53-/m1/s1. The molecule has 2 bridgehead atoms. The van der Waals surface area contributed by atoms with Gasteiger partial charge in [0.15, 0.2) is 5.78 Å². The number of allylic oxidation sites excluding steroid dienone is 6. The predicted molar refractivity (Wildman–Crippen MR) is 251 cm³/mol. The lowest BCUT2D eigenvalue weighted by molar-refractivity contribution is -0.265. The van der Waals surface area contributed by atoms with E-state index in [9.17, 15) is 29.1 Å². The van der Waals surface area contributed by atoms with Gasteiger partial charge in [-0.15, -0.1) is 0 Å². The van der Waals surface area contributed by atoms with Gasteiger partial charge in [0.1, 0.15) is 24.0 Å². The number of nitrogens with zero attached hydrogens (tertiary/aromatic N) is 1. The summed E-state index contributed by atoms with van der Waals surface area (Å²) < 4.78 is 30.1. The highest BCUT2D eigenvalue weighted by molar-refractivity contribution is 6.39. The number of esters is 1. The van der Waals surface area contributed by atoms with Gasteiger partial charge in [0.2, 0.25) is 5.79 Å². The smallest absolute Gasteiger partial charge is 0.329 e. The summed E-state index contributed by atoms with van der Waals surface area (Å²) in [6, 6.07) is -1.07. The van der Waals surface area contributed by atoms with Crippen molar-refractivity contribution in [1.82, 2.24) is 4.90 Å². The number of fused-ring (bicyclic) bond motifs is 3. The van der Waals surface area contributed by atoms with E-state index in [0.717, 1.165) is 30.4 Å². The second-order valence-electron chi connectivity index (χ2n) is 20.3. The van der Waals surface area contributed by atoms with E-state index in [0.29, 0.717) is 56.8 Å². The fourth-order valence-corrected chi connectivity index (χ4v) is 10.6. The Balaban J connectivity index is 1.70. The van der Waals surface area contributed by atoms with E-state index < -0.39 is 59.6 Å². The van der Waals surface area contributed by atoms with Gasteiger partial charge in [-0.3, -0.25) is 19.2 Å². The number of cyclic esters (lactones) is 1. The van der Waals surface area contributed by atoms with Crippen LogP contribution in [-0.2, 0) is 47.7 Å². The maximum Gasteiger partial charge on any atom is 0.329 e. The van der Waals surface area contributed by atoms with Crippen LogP contribution in [0.2, 0.25) is 0 Å². The quantitative estimate of drug-likeness (QED) is 0.155. The average Bonchev–Trinajstić information content (AvgIpc) is 3.28. The van der Waals surface area contributed by atoms with Crippen LogP contribution in [0.4, 0.5) is 0 Å². The molecule has 3 fully saturated rings. The van der Waals surface area contributed by atoms with Gasteiger partial charge in [-0.05, 0) is 107 Å². The van der Waals surface area contributed by atoms with Gasteiger partial charge >= 0.3 is 5.97 Å². The van der Waals surface area contributed by atoms with Crippen molar-refractivity contribution < 1.29 is 52.8 Å². The van der Waals surface area contributed by atoms with Crippen LogP contribution >= 0.6 is 0 Å². The summed E-state index contributed by atoms with van der Waals surface area (Å²) in [7, 11) is 4.90. The highest BCUT2D eigenvalue weighted by atomic mass is 16.6. The lowest BCUT2D eigenvalue weighted by Gasteiger charge is -2.42. The van der Waals surface area contributed by atoms with Crippen molar-refractivity contribution in [2.75, 3.05) is 27.9 Å². The highest BCUT2D eigenvalue weighted by Gasteiger charge is 2.53.